The summed E-state index contributed by atoms with van der Waals surface area (Å²) < 4.78 is 0. The van der Waals surface area contributed by atoms with Crippen molar-refractivity contribution in [3.63, 3.8) is 0 Å². The third kappa shape index (κ3) is 3.54. The molecule has 0 saturated heterocycles. The molecule has 0 bridgehead atoms. The second kappa shape index (κ2) is 4.37. The first-order valence-corrected chi connectivity index (χ1v) is 3.93. The van der Waals surface area contributed by atoms with E-state index >= 15 is 0 Å². The number of nitrogens with one attached hydrogen (secondary N) is 1. The lowest BCUT2D eigenvalue weighted by atomic mass is 9.94. The molecule has 0 fully saturated rings. The van der Waals surface area contributed by atoms with Crippen LogP contribution in [-0.2, 0) is 0 Å². The van der Waals surface area contributed by atoms with Gasteiger partial charge in [-0.15, -0.1) is 0 Å². The van der Waals surface area contributed by atoms with Crippen LogP contribution >= 0.6 is 0 Å². The topological polar surface area (TPSA) is 12.0 Å². The zero-order valence-electron chi connectivity index (χ0n) is 7.57. The van der Waals surface area contributed by atoms with Gasteiger partial charge in [-0.2, -0.15) is 0 Å². The molecule has 1 unspecified atom stereocenters. The molecule has 0 aliphatic rings. The minimum absolute atomic E-state index is 0.736. The first-order valence-electron chi connectivity index (χ1n) is 3.93. The van der Waals surface area contributed by atoms with Crippen molar-refractivity contribution < 1.29 is 0 Å². The van der Waals surface area contributed by atoms with Crippen molar-refractivity contribution in [3.8, 4) is 0 Å². The van der Waals surface area contributed by atoms with Crippen LogP contribution in [0.15, 0.2) is 12.3 Å². The van der Waals surface area contributed by atoms with Crippen molar-refractivity contribution >= 4 is 0 Å². The summed E-state index contributed by atoms with van der Waals surface area (Å²) >= 11 is 0. The summed E-state index contributed by atoms with van der Waals surface area (Å²) in [6, 6.07) is 0. The van der Waals surface area contributed by atoms with Crippen molar-refractivity contribution in [2.75, 3.05) is 7.05 Å². The third-order valence-electron chi connectivity index (χ3n) is 2.06. The Morgan fingerprint density at radius 2 is 1.90 bits per heavy atom. The minimum Gasteiger partial charge on any atom is -0.392 e. The Kier molecular flexibility index (Phi) is 4.17. The summed E-state index contributed by atoms with van der Waals surface area (Å²) in [4.78, 5) is 0. The molecular formula is C9H19N. The Balaban J connectivity index is 3.57. The highest BCUT2D eigenvalue weighted by Gasteiger charge is 2.06. The van der Waals surface area contributed by atoms with E-state index < -0.39 is 0 Å². The predicted molar refractivity (Wildman–Crippen MR) is 46.8 cm³/mol. The van der Waals surface area contributed by atoms with Crippen LogP contribution < -0.4 is 5.32 Å². The molecule has 0 heterocycles. The molecule has 0 aromatic heterocycles. The summed E-state index contributed by atoms with van der Waals surface area (Å²) in [6.07, 6.45) is 1.09. The Hall–Kier alpha value is -0.460. The average molecular weight is 141 g/mol. The average Bonchev–Trinajstić information content (AvgIpc) is 1.87. The fourth-order valence-corrected chi connectivity index (χ4v) is 0.726. The van der Waals surface area contributed by atoms with Crippen molar-refractivity contribution in [1.82, 2.24) is 5.32 Å². The Bertz CT molecular complexity index is 105. The molecule has 1 heteroatoms. The van der Waals surface area contributed by atoms with Gasteiger partial charge in [0.1, 0.15) is 0 Å². The highest BCUT2D eigenvalue weighted by Crippen LogP contribution is 2.16. The Morgan fingerprint density at radius 1 is 1.40 bits per heavy atom. The van der Waals surface area contributed by atoms with Gasteiger partial charge in [-0.3, -0.25) is 0 Å². The second-order valence-electron chi connectivity index (χ2n) is 3.28. The van der Waals surface area contributed by atoms with Crippen molar-refractivity contribution in [3.05, 3.63) is 12.3 Å². The van der Waals surface area contributed by atoms with E-state index in [-0.39, 0.29) is 0 Å². The molecule has 0 aromatic rings. The lowest BCUT2D eigenvalue weighted by molar-refractivity contribution is 0.410. The maximum Gasteiger partial charge on any atom is 0.00338 e. The summed E-state index contributed by atoms with van der Waals surface area (Å²) in [5.74, 6) is 1.49. The molecule has 0 rings (SSSR count). The van der Waals surface area contributed by atoms with Crippen LogP contribution in [0.5, 0.6) is 0 Å². The van der Waals surface area contributed by atoms with Gasteiger partial charge < -0.3 is 5.32 Å². The van der Waals surface area contributed by atoms with Crippen molar-refractivity contribution in [2.24, 2.45) is 11.8 Å². The minimum atomic E-state index is 0.736. The lowest BCUT2D eigenvalue weighted by Gasteiger charge is -2.16. The van der Waals surface area contributed by atoms with Gasteiger partial charge in [-0.25, -0.2) is 0 Å². The van der Waals surface area contributed by atoms with E-state index in [0.29, 0.717) is 0 Å². The fraction of sp³-hybridized carbons (Fsp3) is 0.778. The van der Waals surface area contributed by atoms with E-state index in [0.717, 1.165) is 24.0 Å². The van der Waals surface area contributed by atoms with Crippen LogP contribution in [-0.4, -0.2) is 7.05 Å². The summed E-state index contributed by atoms with van der Waals surface area (Å²) in [5, 5.41) is 3.06. The number of rotatable bonds is 4. The van der Waals surface area contributed by atoms with Gasteiger partial charge in [0.15, 0.2) is 0 Å². The molecule has 0 spiro atoms. The first kappa shape index (κ1) is 9.54. The molecule has 10 heavy (non-hydrogen) atoms. The Labute approximate surface area is 64.5 Å². The van der Waals surface area contributed by atoms with E-state index in [4.69, 9.17) is 0 Å². The molecule has 1 atom stereocenters. The highest BCUT2D eigenvalue weighted by atomic mass is 14.8. The molecule has 60 valence electrons. The second-order valence-corrected chi connectivity index (χ2v) is 3.28. The van der Waals surface area contributed by atoms with Crippen LogP contribution in [0.4, 0.5) is 0 Å². The monoisotopic (exact) mass is 141 g/mol. The van der Waals surface area contributed by atoms with Crippen LogP contribution in [0.1, 0.15) is 27.2 Å². The van der Waals surface area contributed by atoms with Crippen molar-refractivity contribution in [1.29, 1.82) is 0 Å². The van der Waals surface area contributed by atoms with E-state index in [2.05, 4.69) is 32.7 Å². The number of hydrogen-bond acceptors (Lipinski definition) is 1. The Morgan fingerprint density at radius 3 is 2.20 bits per heavy atom. The van der Waals surface area contributed by atoms with Crippen LogP contribution in [0.3, 0.4) is 0 Å². The quantitative estimate of drug-likeness (QED) is 0.634. The lowest BCUT2D eigenvalue weighted by Crippen LogP contribution is -2.11. The molecule has 0 radical (unpaired) electrons. The van der Waals surface area contributed by atoms with E-state index in [9.17, 15) is 0 Å². The summed E-state index contributed by atoms with van der Waals surface area (Å²) in [6.45, 7) is 10.6. The third-order valence-corrected chi connectivity index (χ3v) is 2.06. The number of allylic oxidation sites excluding steroid dienone is 1. The summed E-state index contributed by atoms with van der Waals surface area (Å²) in [5.41, 5.74) is 1.14. The standard InChI is InChI=1S/C9H19N/c1-7(2)8(3)6-9(4)10-5/h7-8,10H,4,6H2,1-3,5H3. The van der Waals surface area contributed by atoms with E-state index in [1.807, 2.05) is 7.05 Å². The molecule has 1 N–H and O–H groups in total. The highest BCUT2D eigenvalue weighted by molar-refractivity contribution is 4.91. The molecule has 0 aliphatic carbocycles. The number of hydrogen-bond donors (Lipinski definition) is 1. The predicted octanol–water partition coefficient (Wildman–Crippen LogP) is 2.40. The van der Waals surface area contributed by atoms with Gasteiger partial charge in [0.2, 0.25) is 0 Å². The van der Waals surface area contributed by atoms with Gasteiger partial charge in [0.25, 0.3) is 0 Å². The maximum atomic E-state index is 3.88. The molecule has 1 nitrogen and oxygen atoms in total. The largest absolute Gasteiger partial charge is 0.392 e. The van der Waals surface area contributed by atoms with Crippen LogP contribution in [0.2, 0.25) is 0 Å². The van der Waals surface area contributed by atoms with E-state index in [1.165, 1.54) is 0 Å². The first-order chi connectivity index (χ1) is 4.57. The summed E-state index contributed by atoms with van der Waals surface area (Å²) in [7, 11) is 1.93. The fourth-order valence-electron chi connectivity index (χ4n) is 0.726. The molecule has 0 aromatic carbocycles. The molecule has 0 amide bonds. The normalized spacial score (nSPS) is 13.3. The van der Waals surface area contributed by atoms with Crippen molar-refractivity contribution in [2.45, 2.75) is 27.2 Å². The van der Waals surface area contributed by atoms with Gasteiger partial charge in [0, 0.05) is 12.7 Å². The molecule has 0 saturated carbocycles. The van der Waals surface area contributed by atoms with Gasteiger partial charge in [-0.05, 0) is 18.3 Å². The van der Waals surface area contributed by atoms with E-state index in [1.54, 1.807) is 0 Å². The SMILES string of the molecule is C=C(CC(C)C(C)C)NC. The zero-order chi connectivity index (χ0) is 8.15. The molecule has 0 aliphatic heterocycles. The van der Waals surface area contributed by atoms with Crippen LogP contribution in [0, 0.1) is 11.8 Å². The van der Waals surface area contributed by atoms with Crippen LogP contribution in [0.25, 0.3) is 0 Å². The molecular weight excluding hydrogens is 122 g/mol. The smallest absolute Gasteiger partial charge is 0.00338 e. The zero-order valence-corrected chi connectivity index (χ0v) is 7.57. The van der Waals surface area contributed by atoms with Gasteiger partial charge in [0.05, 0.1) is 0 Å². The van der Waals surface area contributed by atoms with Gasteiger partial charge >= 0.3 is 0 Å². The van der Waals surface area contributed by atoms with Gasteiger partial charge in [-0.1, -0.05) is 27.4 Å². The maximum absolute atomic E-state index is 3.88.